The van der Waals surface area contributed by atoms with Crippen molar-refractivity contribution >= 4 is 10.0 Å². The molecule has 0 radical (unpaired) electrons. The molecule has 0 spiro atoms. The molecule has 0 atom stereocenters. The Hall–Kier alpha value is -0.910. The molecule has 0 saturated heterocycles. The number of rotatable bonds is 5. The van der Waals surface area contributed by atoms with Crippen LogP contribution in [0.15, 0.2) is 29.2 Å². The summed E-state index contributed by atoms with van der Waals surface area (Å²) in [5.41, 5.74) is 0.705. The zero-order valence-electron chi connectivity index (χ0n) is 10.4. The molecule has 0 amide bonds. The van der Waals surface area contributed by atoms with Gasteiger partial charge in [0.15, 0.2) is 0 Å². The van der Waals surface area contributed by atoms with Crippen molar-refractivity contribution in [2.75, 3.05) is 6.54 Å². The Morgan fingerprint density at radius 3 is 2.12 bits per heavy atom. The highest BCUT2D eigenvalue weighted by Gasteiger charge is 2.25. The van der Waals surface area contributed by atoms with E-state index in [0.717, 1.165) is 0 Å². The van der Waals surface area contributed by atoms with Crippen molar-refractivity contribution in [3.05, 3.63) is 29.8 Å². The minimum Gasteiger partial charge on any atom is -0.392 e. The van der Waals surface area contributed by atoms with Crippen LogP contribution in [-0.2, 0) is 16.6 Å². The molecule has 0 fully saturated rings. The van der Waals surface area contributed by atoms with E-state index < -0.39 is 10.0 Å². The number of benzene rings is 1. The van der Waals surface area contributed by atoms with E-state index >= 15 is 0 Å². The van der Waals surface area contributed by atoms with Crippen LogP contribution >= 0.6 is 0 Å². The fourth-order valence-electron chi connectivity index (χ4n) is 1.71. The van der Waals surface area contributed by atoms with Crippen LogP contribution < -0.4 is 0 Å². The quantitative estimate of drug-likeness (QED) is 0.871. The molecule has 0 bridgehead atoms. The smallest absolute Gasteiger partial charge is 0.243 e. The van der Waals surface area contributed by atoms with Crippen LogP contribution in [0.3, 0.4) is 0 Å². The van der Waals surface area contributed by atoms with E-state index in [9.17, 15) is 8.42 Å². The molecule has 96 valence electrons. The molecule has 0 aliphatic heterocycles. The molecule has 1 aromatic carbocycles. The van der Waals surface area contributed by atoms with E-state index in [1.807, 2.05) is 20.8 Å². The number of aliphatic hydroxyl groups excluding tert-OH is 1. The van der Waals surface area contributed by atoms with Crippen molar-refractivity contribution < 1.29 is 13.5 Å². The standard InChI is InChI=1S/C12H19NO3S/c1-4-13(10(2)3)17(15,16)12-7-5-11(9-14)6-8-12/h5-8,10,14H,4,9H2,1-3H3. The summed E-state index contributed by atoms with van der Waals surface area (Å²) in [6.07, 6.45) is 0. The average molecular weight is 257 g/mol. The SMILES string of the molecule is CCN(C(C)C)S(=O)(=O)c1ccc(CO)cc1. The zero-order valence-corrected chi connectivity index (χ0v) is 11.2. The fraction of sp³-hybridized carbons (Fsp3) is 0.500. The van der Waals surface area contributed by atoms with Crippen molar-refractivity contribution in [1.82, 2.24) is 4.31 Å². The highest BCUT2D eigenvalue weighted by Crippen LogP contribution is 2.18. The molecule has 0 aliphatic rings. The Balaban J connectivity index is 3.11. The van der Waals surface area contributed by atoms with Crippen LogP contribution in [0.4, 0.5) is 0 Å². The summed E-state index contributed by atoms with van der Waals surface area (Å²) in [5, 5.41) is 8.92. The first kappa shape index (κ1) is 14.2. The van der Waals surface area contributed by atoms with Crippen LogP contribution in [0.5, 0.6) is 0 Å². The number of sulfonamides is 1. The summed E-state index contributed by atoms with van der Waals surface area (Å²) >= 11 is 0. The third kappa shape index (κ3) is 3.06. The minimum atomic E-state index is -3.42. The molecule has 1 aromatic rings. The molecular formula is C12H19NO3S. The molecule has 0 unspecified atom stereocenters. The van der Waals surface area contributed by atoms with Crippen molar-refractivity contribution in [3.8, 4) is 0 Å². The van der Waals surface area contributed by atoms with E-state index in [1.54, 1.807) is 12.1 Å². The summed E-state index contributed by atoms with van der Waals surface area (Å²) in [6.45, 7) is 5.88. The van der Waals surface area contributed by atoms with Gasteiger partial charge in [-0.2, -0.15) is 4.31 Å². The lowest BCUT2D eigenvalue weighted by atomic mass is 10.2. The summed E-state index contributed by atoms with van der Waals surface area (Å²) < 4.78 is 26.0. The number of aliphatic hydroxyl groups is 1. The molecule has 5 heteroatoms. The van der Waals surface area contributed by atoms with Gasteiger partial charge in [0.2, 0.25) is 10.0 Å². The summed E-state index contributed by atoms with van der Waals surface area (Å²) in [4.78, 5) is 0.269. The van der Waals surface area contributed by atoms with Crippen molar-refractivity contribution in [2.45, 2.75) is 38.3 Å². The van der Waals surface area contributed by atoms with Crippen molar-refractivity contribution in [1.29, 1.82) is 0 Å². The molecule has 17 heavy (non-hydrogen) atoms. The Morgan fingerprint density at radius 2 is 1.76 bits per heavy atom. The lowest BCUT2D eigenvalue weighted by Gasteiger charge is -2.24. The van der Waals surface area contributed by atoms with E-state index in [1.165, 1.54) is 16.4 Å². The first-order chi connectivity index (χ1) is 7.93. The maximum atomic E-state index is 12.3. The van der Waals surface area contributed by atoms with E-state index in [4.69, 9.17) is 5.11 Å². The van der Waals surface area contributed by atoms with Gasteiger partial charge in [0.25, 0.3) is 0 Å². The number of hydrogen-bond donors (Lipinski definition) is 1. The van der Waals surface area contributed by atoms with Crippen molar-refractivity contribution in [3.63, 3.8) is 0 Å². The molecule has 4 nitrogen and oxygen atoms in total. The molecule has 0 aromatic heterocycles. The van der Waals surface area contributed by atoms with Gasteiger partial charge in [0.1, 0.15) is 0 Å². The maximum Gasteiger partial charge on any atom is 0.243 e. The second-order valence-electron chi connectivity index (χ2n) is 4.10. The molecule has 1 rings (SSSR count). The highest BCUT2D eigenvalue weighted by atomic mass is 32.2. The first-order valence-corrected chi connectivity index (χ1v) is 7.09. The van der Waals surface area contributed by atoms with Crippen LogP contribution in [0, 0.1) is 0 Å². The van der Waals surface area contributed by atoms with Gasteiger partial charge in [-0.15, -0.1) is 0 Å². The highest BCUT2D eigenvalue weighted by molar-refractivity contribution is 7.89. The Morgan fingerprint density at radius 1 is 1.24 bits per heavy atom. The van der Waals surface area contributed by atoms with Gasteiger partial charge in [-0.05, 0) is 31.5 Å². The normalized spacial score (nSPS) is 12.4. The Bertz CT molecular complexity index is 451. The van der Waals surface area contributed by atoms with Gasteiger partial charge in [-0.25, -0.2) is 8.42 Å². The molecule has 0 heterocycles. The molecule has 0 saturated carbocycles. The third-order valence-electron chi connectivity index (χ3n) is 2.60. The van der Waals surface area contributed by atoms with Gasteiger partial charge in [-0.3, -0.25) is 0 Å². The zero-order chi connectivity index (χ0) is 13.1. The van der Waals surface area contributed by atoms with E-state index in [-0.39, 0.29) is 17.5 Å². The number of hydrogen-bond acceptors (Lipinski definition) is 3. The van der Waals surface area contributed by atoms with Crippen LogP contribution in [0.25, 0.3) is 0 Å². The number of nitrogens with zero attached hydrogens (tertiary/aromatic N) is 1. The van der Waals surface area contributed by atoms with Crippen molar-refractivity contribution in [2.24, 2.45) is 0 Å². The van der Waals surface area contributed by atoms with Gasteiger partial charge >= 0.3 is 0 Å². The van der Waals surface area contributed by atoms with E-state index in [2.05, 4.69) is 0 Å². The molecular weight excluding hydrogens is 238 g/mol. The van der Waals surface area contributed by atoms with Crippen LogP contribution in [0.2, 0.25) is 0 Å². The summed E-state index contributed by atoms with van der Waals surface area (Å²) in [6, 6.07) is 6.25. The fourth-order valence-corrected chi connectivity index (χ4v) is 3.36. The first-order valence-electron chi connectivity index (χ1n) is 5.65. The largest absolute Gasteiger partial charge is 0.392 e. The predicted octanol–water partition coefficient (Wildman–Crippen LogP) is 1.60. The lowest BCUT2D eigenvalue weighted by Crippen LogP contribution is -2.36. The minimum absolute atomic E-state index is 0.0671. The third-order valence-corrected chi connectivity index (χ3v) is 4.77. The monoisotopic (exact) mass is 257 g/mol. The van der Waals surface area contributed by atoms with Crippen LogP contribution in [0.1, 0.15) is 26.3 Å². The Labute approximate surface area is 103 Å². The van der Waals surface area contributed by atoms with Gasteiger partial charge in [0.05, 0.1) is 11.5 Å². The molecule has 0 aliphatic carbocycles. The average Bonchev–Trinajstić information content (AvgIpc) is 2.29. The summed E-state index contributed by atoms with van der Waals surface area (Å²) in [5.74, 6) is 0. The molecule has 1 N–H and O–H groups in total. The van der Waals surface area contributed by atoms with Crippen LogP contribution in [-0.4, -0.2) is 30.4 Å². The predicted molar refractivity (Wildman–Crippen MR) is 67.1 cm³/mol. The maximum absolute atomic E-state index is 12.3. The van der Waals surface area contributed by atoms with Gasteiger partial charge in [0, 0.05) is 12.6 Å². The van der Waals surface area contributed by atoms with Gasteiger partial charge in [-0.1, -0.05) is 19.1 Å². The second-order valence-corrected chi connectivity index (χ2v) is 5.99. The van der Waals surface area contributed by atoms with Gasteiger partial charge < -0.3 is 5.11 Å². The summed E-state index contributed by atoms with van der Waals surface area (Å²) in [7, 11) is -3.42. The Kier molecular flexibility index (Phi) is 4.68. The second kappa shape index (κ2) is 5.62. The lowest BCUT2D eigenvalue weighted by molar-refractivity contribution is 0.281. The van der Waals surface area contributed by atoms with E-state index in [0.29, 0.717) is 12.1 Å². The topological polar surface area (TPSA) is 57.6 Å².